The first-order valence-corrected chi connectivity index (χ1v) is 11.0. The number of aryl methyl sites for hydroxylation is 1. The molecule has 0 unspecified atom stereocenters. The van der Waals surface area contributed by atoms with Crippen LogP contribution in [0.5, 0.6) is 0 Å². The molecule has 0 heterocycles. The zero-order valence-corrected chi connectivity index (χ0v) is 17.0. The van der Waals surface area contributed by atoms with E-state index in [1.54, 1.807) is 19.1 Å². The fourth-order valence-corrected chi connectivity index (χ4v) is 4.51. The lowest BCUT2D eigenvalue weighted by atomic mass is 10.1. The number of hydrogen-bond donors (Lipinski definition) is 1. The molecule has 0 radical (unpaired) electrons. The van der Waals surface area contributed by atoms with Gasteiger partial charge in [0, 0.05) is 11.1 Å². The van der Waals surface area contributed by atoms with Crippen molar-refractivity contribution in [2.24, 2.45) is 0 Å². The average molecular weight is 397 g/mol. The third-order valence-electron chi connectivity index (χ3n) is 4.67. The first kappa shape index (κ1) is 19.9. The molecular weight excluding hydrogens is 372 g/mol. The van der Waals surface area contributed by atoms with Crippen LogP contribution in [-0.2, 0) is 14.8 Å². The predicted octanol–water partition coefficient (Wildman–Crippen LogP) is 4.33. The molecule has 3 aromatic carbocycles. The third-order valence-corrected chi connectivity index (χ3v) is 5.85. The average Bonchev–Trinajstić information content (AvgIpc) is 2.66. The van der Waals surface area contributed by atoms with E-state index in [4.69, 9.17) is 0 Å². The topological polar surface area (TPSA) is 66.5 Å². The van der Waals surface area contributed by atoms with Gasteiger partial charge < -0.3 is 5.32 Å². The number of hydrogen-bond acceptors (Lipinski definition) is 3. The number of amides is 1. The summed E-state index contributed by atoms with van der Waals surface area (Å²) in [6.45, 7) is 3.73. The molecule has 1 N–H and O–H groups in total. The number of anilines is 2. The van der Waals surface area contributed by atoms with Crippen molar-refractivity contribution in [2.45, 2.75) is 26.3 Å². The highest BCUT2D eigenvalue weighted by molar-refractivity contribution is 7.92. The molecular formula is C22H24N2O3S. The summed E-state index contributed by atoms with van der Waals surface area (Å²) in [6.07, 6.45) is 1.47. The minimum absolute atomic E-state index is 0.345. The molecule has 0 aromatic heterocycles. The number of rotatable bonds is 6. The van der Waals surface area contributed by atoms with E-state index in [0.717, 1.165) is 22.6 Å². The first-order valence-electron chi connectivity index (χ1n) is 9.16. The van der Waals surface area contributed by atoms with E-state index in [1.165, 1.54) is 4.31 Å². The van der Waals surface area contributed by atoms with Crippen LogP contribution in [0, 0.1) is 6.92 Å². The SMILES string of the molecule is CC[C@@H](C(=O)Nc1cccc2ccccc12)N(c1ccc(C)cc1)S(C)(=O)=O. The zero-order valence-electron chi connectivity index (χ0n) is 16.2. The van der Waals surface area contributed by atoms with Gasteiger partial charge in [0.1, 0.15) is 6.04 Å². The van der Waals surface area contributed by atoms with Gasteiger partial charge in [0.2, 0.25) is 15.9 Å². The smallest absolute Gasteiger partial charge is 0.248 e. The van der Waals surface area contributed by atoms with Crippen molar-refractivity contribution in [3.63, 3.8) is 0 Å². The van der Waals surface area contributed by atoms with Crippen molar-refractivity contribution in [1.82, 2.24) is 0 Å². The number of carbonyl (C=O) groups excluding carboxylic acids is 1. The van der Waals surface area contributed by atoms with Gasteiger partial charge in [0.15, 0.2) is 0 Å². The number of carbonyl (C=O) groups is 1. The Morgan fingerprint density at radius 2 is 1.64 bits per heavy atom. The second kappa shape index (κ2) is 8.02. The number of sulfonamides is 1. The normalized spacial score (nSPS) is 12.5. The van der Waals surface area contributed by atoms with Crippen molar-refractivity contribution in [3.8, 4) is 0 Å². The lowest BCUT2D eigenvalue weighted by molar-refractivity contribution is -0.117. The third kappa shape index (κ3) is 4.17. The highest BCUT2D eigenvalue weighted by atomic mass is 32.2. The van der Waals surface area contributed by atoms with Crippen molar-refractivity contribution in [3.05, 3.63) is 72.3 Å². The second-order valence-electron chi connectivity index (χ2n) is 6.83. The number of fused-ring (bicyclic) bond motifs is 1. The van der Waals surface area contributed by atoms with Gasteiger partial charge >= 0.3 is 0 Å². The van der Waals surface area contributed by atoms with Crippen LogP contribution in [0.3, 0.4) is 0 Å². The van der Waals surface area contributed by atoms with Gasteiger partial charge in [0.05, 0.1) is 11.9 Å². The summed E-state index contributed by atoms with van der Waals surface area (Å²) in [7, 11) is -3.65. The molecule has 0 saturated heterocycles. The molecule has 146 valence electrons. The summed E-state index contributed by atoms with van der Waals surface area (Å²) in [5, 5.41) is 4.84. The van der Waals surface area contributed by atoms with Gasteiger partial charge in [0.25, 0.3) is 0 Å². The van der Waals surface area contributed by atoms with E-state index >= 15 is 0 Å². The number of nitrogens with one attached hydrogen (secondary N) is 1. The van der Waals surface area contributed by atoms with Crippen molar-refractivity contribution in [1.29, 1.82) is 0 Å². The first-order chi connectivity index (χ1) is 13.3. The van der Waals surface area contributed by atoms with Crippen molar-refractivity contribution < 1.29 is 13.2 Å². The maximum atomic E-state index is 13.1. The molecule has 1 atom stereocenters. The minimum Gasteiger partial charge on any atom is -0.324 e. The standard InChI is InChI=1S/C22H24N2O3S/c1-4-21(24(28(3,26)27)18-14-12-16(2)13-15-18)22(25)23-20-11-7-9-17-8-5-6-10-19(17)20/h5-15,21H,4H2,1-3H3,(H,23,25)/t21-/m0/s1. The Bertz CT molecular complexity index is 1090. The summed E-state index contributed by atoms with van der Waals surface area (Å²) >= 11 is 0. The molecule has 0 fully saturated rings. The Morgan fingerprint density at radius 1 is 1.00 bits per heavy atom. The predicted molar refractivity (Wildman–Crippen MR) is 115 cm³/mol. The molecule has 0 spiro atoms. The molecule has 6 heteroatoms. The minimum atomic E-state index is -3.65. The van der Waals surface area contributed by atoms with Crippen molar-refractivity contribution in [2.75, 3.05) is 15.9 Å². The maximum Gasteiger partial charge on any atom is 0.248 e. The Kier molecular flexibility index (Phi) is 5.70. The molecule has 28 heavy (non-hydrogen) atoms. The zero-order chi connectivity index (χ0) is 20.3. The van der Waals surface area contributed by atoms with E-state index in [9.17, 15) is 13.2 Å². The summed E-state index contributed by atoms with van der Waals surface area (Å²) in [4.78, 5) is 13.1. The van der Waals surface area contributed by atoms with Crippen LogP contribution in [0.2, 0.25) is 0 Å². The van der Waals surface area contributed by atoms with E-state index in [-0.39, 0.29) is 5.91 Å². The van der Waals surface area contributed by atoms with E-state index in [2.05, 4.69) is 5.32 Å². The number of benzene rings is 3. The summed E-state index contributed by atoms with van der Waals surface area (Å²) in [5.74, 6) is -0.357. The largest absolute Gasteiger partial charge is 0.324 e. The molecule has 0 bridgehead atoms. The molecule has 0 aliphatic heterocycles. The van der Waals surface area contributed by atoms with Crippen LogP contribution in [-0.4, -0.2) is 26.6 Å². The molecule has 0 aliphatic carbocycles. The highest BCUT2D eigenvalue weighted by Gasteiger charge is 2.31. The summed E-state index contributed by atoms with van der Waals surface area (Å²) in [5.41, 5.74) is 2.16. The monoisotopic (exact) mass is 396 g/mol. The van der Waals surface area contributed by atoms with E-state index in [1.807, 2.05) is 61.5 Å². The summed E-state index contributed by atoms with van der Waals surface area (Å²) < 4.78 is 26.3. The molecule has 0 aliphatic rings. The Morgan fingerprint density at radius 3 is 2.29 bits per heavy atom. The van der Waals surface area contributed by atoms with Crippen LogP contribution < -0.4 is 9.62 Å². The summed E-state index contributed by atoms with van der Waals surface area (Å²) in [6, 6.07) is 19.7. The lowest BCUT2D eigenvalue weighted by Crippen LogP contribution is -2.47. The van der Waals surface area contributed by atoms with Gasteiger partial charge in [-0.05, 0) is 36.9 Å². The van der Waals surface area contributed by atoms with Crippen LogP contribution in [0.25, 0.3) is 10.8 Å². The van der Waals surface area contributed by atoms with Gasteiger partial charge in [-0.1, -0.05) is 61.0 Å². The van der Waals surface area contributed by atoms with E-state index in [0.29, 0.717) is 17.8 Å². The fraction of sp³-hybridized carbons (Fsp3) is 0.227. The Labute approximate surface area is 166 Å². The van der Waals surface area contributed by atoms with Gasteiger partial charge in [-0.3, -0.25) is 9.10 Å². The quantitative estimate of drug-likeness (QED) is 0.674. The van der Waals surface area contributed by atoms with Gasteiger partial charge in [-0.15, -0.1) is 0 Å². The van der Waals surface area contributed by atoms with Crippen LogP contribution in [0.15, 0.2) is 66.7 Å². The van der Waals surface area contributed by atoms with Crippen LogP contribution in [0.1, 0.15) is 18.9 Å². The molecule has 5 nitrogen and oxygen atoms in total. The van der Waals surface area contributed by atoms with E-state index < -0.39 is 16.1 Å². The van der Waals surface area contributed by atoms with Gasteiger partial charge in [-0.25, -0.2) is 8.42 Å². The lowest BCUT2D eigenvalue weighted by Gasteiger charge is -2.30. The van der Waals surface area contributed by atoms with Crippen molar-refractivity contribution >= 4 is 38.1 Å². The second-order valence-corrected chi connectivity index (χ2v) is 8.69. The maximum absolute atomic E-state index is 13.1. The van der Waals surface area contributed by atoms with Gasteiger partial charge in [-0.2, -0.15) is 0 Å². The fourth-order valence-electron chi connectivity index (χ4n) is 3.30. The van der Waals surface area contributed by atoms with Crippen LogP contribution in [0.4, 0.5) is 11.4 Å². The molecule has 1 amide bonds. The highest BCUT2D eigenvalue weighted by Crippen LogP contribution is 2.26. The van der Waals surface area contributed by atoms with Crippen LogP contribution >= 0.6 is 0 Å². The molecule has 3 aromatic rings. The molecule has 3 rings (SSSR count). The molecule has 0 saturated carbocycles. The Hall–Kier alpha value is -2.86. The Balaban J connectivity index is 1.97. The number of nitrogens with zero attached hydrogens (tertiary/aromatic N) is 1.